The normalized spacial score (nSPS) is 27.7. The predicted octanol–water partition coefficient (Wildman–Crippen LogP) is 9.94. The molecule has 2 saturated carbocycles. The molecule has 246 valence electrons. The summed E-state index contributed by atoms with van der Waals surface area (Å²) >= 11 is 0. The zero-order valence-corrected chi connectivity index (χ0v) is 29.3. The van der Waals surface area contributed by atoms with Crippen molar-refractivity contribution in [2.24, 2.45) is 27.8 Å². The van der Waals surface area contributed by atoms with Gasteiger partial charge in [-0.3, -0.25) is 0 Å². The molecule has 0 spiro atoms. The van der Waals surface area contributed by atoms with Crippen LogP contribution in [0.1, 0.15) is 125 Å². The summed E-state index contributed by atoms with van der Waals surface area (Å²) in [5, 5.41) is 24.9. The summed E-state index contributed by atoms with van der Waals surface area (Å²) in [7, 11) is 0. The number of oxime groups is 1. The largest absolute Gasteiger partial charge is 0.390 e. The van der Waals surface area contributed by atoms with E-state index in [1.165, 1.54) is 16.7 Å². The van der Waals surface area contributed by atoms with Crippen molar-refractivity contribution in [1.82, 2.24) is 15.0 Å². The fourth-order valence-corrected chi connectivity index (χ4v) is 8.23. The molecular weight excluding hydrogens is 556 g/mol. The number of benzene rings is 1. The van der Waals surface area contributed by atoms with E-state index in [-0.39, 0.29) is 16.7 Å². The maximum Gasteiger partial charge on any atom is 0.162 e. The van der Waals surface area contributed by atoms with Crippen LogP contribution in [0.4, 0.5) is 0 Å². The summed E-state index contributed by atoms with van der Waals surface area (Å²) in [5.74, 6) is 0.689. The van der Waals surface area contributed by atoms with Crippen molar-refractivity contribution in [2.45, 2.75) is 132 Å². The Labute approximate surface area is 272 Å². The van der Waals surface area contributed by atoms with E-state index in [0.717, 1.165) is 81.3 Å². The number of para-hydroxylation sites is 1. The van der Waals surface area contributed by atoms with Gasteiger partial charge in [0, 0.05) is 5.41 Å². The first-order valence-corrected chi connectivity index (χ1v) is 17.2. The average Bonchev–Trinajstić information content (AvgIpc) is 3.45. The first kappa shape index (κ1) is 34.9. The molecule has 0 saturated heterocycles. The van der Waals surface area contributed by atoms with Crippen LogP contribution in [0.3, 0.4) is 0 Å². The third kappa shape index (κ3) is 8.84. The van der Waals surface area contributed by atoms with Crippen molar-refractivity contribution in [1.29, 1.82) is 0 Å². The minimum absolute atomic E-state index is 0.0511. The lowest BCUT2D eigenvalue weighted by Crippen LogP contribution is -2.59. The van der Waals surface area contributed by atoms with E-state index < -0.39 is 5.60 Å². The Balaban J connectivity index is 1.34. The van der Waals surface area contributed by atoms with Crippen LogP contribution in [-0.2, 0) is 11.4 Å². The van der Waals surface area contributed by atoms with Crippen LogP contribution in [0.25, 0.3) is 5.69 Å². The van der Waals surface area contributed by atoms with Crippen molar-refractivity contribution in [3.05, 3.63) is 77.2 Å². The Bertz CT molecular complexity index is 1380. The zero-order chi connectivity index (χ0) is 32.7. The number of hydrogen-bond acceptors (Lipinski definition) is 5. The number of aromatic nitrogens is 3. The fourth-order valence-electron chi connectivity index (χ4n) is 8.23. The second kappa shape index (κ2) is 15.1. The van der Waals surface area contributed by atoms with Crippen LogP contribution >= 0.6 is 0 Å². The van der Waals surface area contributed by atoms with E-state index >= 15 is 0 Å². The SMILES string of the molecule is CC(C)=CCC/C(C)=C/CC/C(C)=C/CC[C@@H]1[C@@]2(C)CC/C(=N\OCc3cn(-c4ccccc4)nn3)C(C)(C)[C@@H]2CC[C@@]1(C)O. The molecule has 1 heterocycles. The Morgan fingerprint density at radius 1 is 0.956 bits per heavy atom. The molecule has 1 N–H and O–H groups in total. The minimum Gasteiger partial charge on any atom is -0.390 e. The molecule has 0 bridgehead atoms. The van der Waals surface area contributed by atoms with E-state index in [0.29, 0.717) is 12.5 Å². The first-order valence-electron chi connectivity index (χ1n) is 17.2. The van der Waals surface area contributed by atoms with Crippen molar-refractivity contribution >= 4 is 5.71 Å². The monoisotopic (exact) mass is 614 g/mol. The molecule has 0 amide bonds. The Kier molecular flexibility index (Phi) is 11.7. The number of aliphatic hydroxyl groups is 1. The molecule has 0 aliphatic heterocycles. The van der Waals surface area contributed by atoms with Gasteiger partial charge in [-0.1, -0.05) is 84.3 Å². The van der Waals surface area contributed by atoms with Gasteiger partial charge in [-0.25, -0.2) is 4.68 Å². The molecule has 4 rings (SSSR count). The highest BCUT2D eigenvalue weighted by Crippen LogP contribution is 2.62. The smallest absolute Gasteiger partial charge is 0.162 e. The third-order valence-corrected chi connectivity index (χ3v) is 10.8. The van der Waals surface area contributed by atoms with Gasteiger partial charge in [0.25, 0.3) is 0 Å². The second-order valence-electron chi connectivity index (χ2n) is 15.1. The molecule has 6 nitrogen and oxygen atoms in total. The quantitative estimate of drug-likeness (QED) is 0.180. The molecule has 45 heavy (non-hydrogen) atoms. The van der Waals surface area contributed by atoms with Crippen LogP contribution in [0, 0.1) is 22.7 Å². The van der Waals surface area contributed by atoms with E-state index in [1.807, 2.05) is 36.5 Å². The van der Waals surface area contributed by atoms with Gasteiger partial charge in [-0.15, -0.1) is 5.10 Å². The van der Waals surface area contributed by atoms with Gasteiger partial charge < -0.3 is 9.94 Å². The number of nitrogens with zero attached hydrogens (tertiary/aromatic N) is 4. The van der Waals surface area contributed by atoms with Crippen molar-refractivity contribution in [3.8, 4) is 5.69 Å². The van der Waals surface area contributed by atoms with Crippen LogP contribution in [0.5, 0.6) is 0 Å². The maximum atomic E-state index is 11.7. The summed E-state index contributed by atoms with van der Waals surface area (Å²) in [6.45, 7) is 18.3. The zero-order valence-electron chi connectivity index (χ0n) is 29.3. The van der Waals surface area contributed by atoms with Gasteiger partial charge in [0.15, 0.2) is 6.61 Å². The van der Waals surface area contributed by atoms with E-state index in [1.54, 1.807) is 4.68 Å². The second-order valence-corrected chi connectivity index (χ2v) is 15.1. The predicted molar refractivity (Wildman–Crippen MR) is 186 cm³/mol. The van der Waals surface area contributed by atoms with E-state index in [9.17, 15) is 5.11 Å². The summed E-state index contributed by atoms with van der Waals surface area (Å²) in [6, 6.07) is 9.96. The standard InChI is InChI=1S/C39H58N4O2/c1-29(2)15-12-16-30(3)17-13-18-31(4)19-14-22-35-38(7)25-24-36(37(5,6)34(38)23-26-39(35,8)44)41-45-28-32-27-43(42-40-32)33-20-10-9-11-21-33/h9-11,15,17,19-21,27,34-35,44H,12-14,16,18,22-26,28H2,1-8H3/b30-17+,31-19+,41-36+/t34-,35+,38-,39+/m0/s1. The molecule has 1 aromatic carbocycles. The van der Waals surface area contributed by atoms with Crippen LogP contribution in [0.2, 0.25) is 0 Å². The maximum absolute atomic E-state index is 11.7. The Hall–Kier alpha value is -2.99. The van der Waals surface area contributed by atoms with Crippen LogP contribution in [0.15, 0.2) is 76.6 Å². The molecule has 2 fully saturated rings. The van der Waals surface area contributed by atoms with Gasteiger partial charge in [0.2, 0.25) is 0 Å². The third-order valence-electron chi connectivity index (χ3n) is 10.8. The summed E-state index contributed by atoms with van der Waals surface area (Å²) in [4.78, 5) is 5.90. The molecule has 6 heteroatoms. The molecule has 1 aromatic heterocycles. The van der Waals surface area contributed by atoms with Crippen molar-refractivity contribution < 1.29 is 9.94 Å². The van der Waals surface area contributed by atoms with E-state index in [2.05, 4.69) is 83.9 Å². The molecule has 0 unspecified atom stereocenters. The van der Waals surface area contributed by atoms with Gasteiger partial charge in [0.1, 0.15) is 5.69 Å². The number of fused-ring (bicyclic) bond motifs is 1. The van der Waals surface area contributed by atoms with Gasteiger partial charge >= 0.3 is 0 Å². The van der Waals surface area contributed by atoms with Crippen LogP contribution in [-0.4, -0.2) is 31.4 Å². The van der Waals surface area contributed by atoms with Crippen molar-refractivity contribution in [3.63, 3.8) is 0 Å². The van der Waals surface area contributed by atoms with Crippen LogP contribution < -0.4 is 0 Å². The topological polar surface area (TPSA) is 72.5 Å². The first-order chi connectivity index (χ1) is 21.3. The Morgan fingerprint density at radius 3 is 2.31 bits per heavy atom. The minimum atomic E-state index is -0.649. The highest BCUT2D eigenvalue weighted by Gasteiger charge is 2.59. The van der Waals surface area contributed by atoms with E-state index in [4.69, 9.17) is 9.99 Å². The lowest BCUT2D eigenvalue weighted by molar-refractivity contribution is -0.150. The lowest BCUT2D eigenvalue weighted by Gasteiger charge is -2.61. The molecule has 2 aliphatic rings. The van der Waals surface area contributed by atoms with Gasteiger partial charge in [-0.05, 0) is 128 Å². The Morgan fingerprint density at radius 2 is 1.62 bits per heavy atom. The molecule has 2 aliphatic carbocycles. The summed E-state index contributed by atoms with van der Waals surface area (Å²) in [6.07, 6.45) is 19.3. The molecule has 2 aromatic rings. The molecular formula is C39H58N4O2. The number of allylic oxidation sites excluding steroid dienone is 6. The molecule has 0 radical (unpaired) electrons. The molecule has 4 atom stereocenters. The fraction of sp³-hybridized carbons (Fsp3) is 0.615. The average molecular weight is 615 g/mol. The highest BCUT2D eigenvalue weighted by atomic mass is 16.6. The van der Waals surface area contributed by atoms with Gasteiger partial charge in [-0.2, -0.15) is 0 Å². The summed E-state index contributed by atoms with van der Waals surface area (Å²) in [5.41, 5.74) is 6.49. The summed E-state index contributed by atoms with van der Waals surface area (Å²) < 4.78 is 1.76. The lowest BCUT2D eigenvalue weighted by atomic mass is 9.44. The highest BCUT2D eigenvalue weighted by molar-refractivity contribution is 5.90. The number of hydrogen-bond donors (Lipinski definition) is 1. The van der Waals surface area contributed by atoms with Gasteiger partial charge in [0.05, 0.1) is 23.2 Å². The number of rotatable bonds is 13. The van der Waals surface area contributed by atoms with Crippen molar-refractivity contribution in [2.75, 3.05) is 0 Å².